The lowest BCUT2D eigenvalue weighted by Crippen LogP contribution is -2.45. The predicted octanol–water partition coefficient (Wildman–Crippen LogP) is 1.40. The smallest absolute Gasteiger partial charge is 0.306 e. The molecule has 0 rings (SSSR count). The summed E-state index contributed by atoms with van der Waals surface area (Å²) in [6, 6.07) is -0.493. The number of carboxylic acid groups (broad SMARTS) is 1. The van der Waals surface area contributed by atoms with Crippen molar-refractivity contribution in [2.24, 2.45) is 11.8 Å². The molecule has 0 unspecified atom stereocenters. The van der Waals surface area contributed by atoms with E-state index < -0.39 is 18.1 Å². The Labute approximate surface area is 109 Å². The van der Waals surface area contributed by atoms with Crippen molar-refractivity contribution < 1.29 is 19.8 Å². The highest BCUT2D eigenvalue weighted by Crippen LogP contribution is 2.12. The lowest BCUT2D eigenvalue weighted by molar-refractivity contribution is -0.140. The van der Waals surface area contributed by atoms with Gasteiger partial charge in [-0.05, 0) is 18.3 Å². The van der Waals surface area contributed by atoms with E-state index in [1.54, 1.807) is 0 Å². The Hall–Kier alpha value is -1.10. The summed E-state index contributed by atoms with van der Waals surface area (Å²) in [6.07, 6.45) is -0.438. The molecule has 0 radical (unpaired) electrons. The first-order valence-electron chi connectivity index (χ1n) is 6.41. The second-order valence-corrected chi connectivity index (χ2v) is 5.57. The lowest BCUT2D eigenvalue weighted by Gasteiger charge is -2.25. The van der Waals surface area contributed by atoms with Gasteiger partial charge in [0.05, 0.1) is 18.6 Å². The van der Waals surface area contributed by atoms with E-state index in [0.717, 1.165) is 0 Å². The standard InChI is InChI=1S/C13H25NO4/c1-8(2)5-10(11(15)7-13(17)18)14-12(16)6-9(3)4/h8-11,15H,5-7H2,1-4H3,(H,14,16)(H,17,18)/t10-,11-/m0/s1. The van der Waals surface area contributed by atoms with Crippen molar-refractivity contribution in [2.75, 3.05) is 0 Å². The molecule has 0 aromatic rings. The van der Waals surface area contributed by atoms with Crippen molar-refractivity contribution in [3.63, 3.8) is 0 Å². The van der Waals surface area contributed by atoms with Gasteiger partial charge in [-0.2, -0.15) is 0 Å². The first-order valence-corrected chi connectivity index (χ1v) is 6.41. The van der Waals surface area contributed by atoms with Crippen LogP contribution in [0.15, 0.2) is 0 Å². The first-order chi connectivity index (χ1) is 8.22. The molecular formula is C13H25NO4. The molecule has 2 atom stereocenters. The van der Waals surface area contributed by atoms with Crippen LogP contribution in [0.4, 0.5) is 0 Å². The van der Waals surface area contributed by atoms with Gasteiger partial charge in [0, 0.05) is 6.42 Å². The van der Waals surface area contributed by atoms with E-state index in [9.17, 15) is 14.7 Å². The van der Waals surface area contributed by atoms with Gasteiger partial charge in [-0.3, -0.25) is 9.59 Å². The van der Waals surface area contributed by atoms with Crippen molar-refractivity contribution >= 4 is 11.9 Å². The third-order valence-corrected chi connectivity index (χ3v) is 2.51. The molecule has 0 spiro atoms. The average Bonchev–Trinajstić information content (AvgIpc) is 2.13. The quantitative estimate of drug-likeness (QED) is 0.615. The van der Waals surface area contributed by atoms with Crippen molar-refractivity contribution in [1.29, 1.82) is 0 Å². The first kappa shape index (κ1) is 16.9. The van der Waals surface area contributed by atoms with Crippen LogP contribution < -0.4 is 5.32 Å². The average molecular weight is 259 g/mol. The highest BCUT2D eigenvalue weighted by Gasteiger charge is 2.24. The summed E-state index contributed by atoms with van der Waals surface area (Å²) < 4.78 is 0. The van der Waals surface area contributed by atoms with Crippen molar-refractivity contribution in [3.8, 4) is 0 Å². The number of aliphatic hydroxyl groups excluding tert-OH is 1. The highest BCUT2D eigenvalue weighted by atomic mass is 16.4. The van der Waals surface area contributed by atoms with Crippen molar-refractivity contribution in [3.05, 3.63) is 0 Å². The number of aliphatic hydroxyl groups is 1. The van der Waals surface area contributed by atoms with Crippen molar-refractivity contribution in [2.45, 2.75) is 59.1 Å². The molecule has 0 fully saturated rings. The Kier molecular flexibility index (Phi) is 7.59. The number of hydrogen-bond acceptors (Lipinski definition) is 3. The molecule has 18 heavy (non-hydrogen) atoms. The zero-order chi connectivity index (χ0) is 14.3. The topological polar surface area (TPSA) is 86.6 Å². The van der Waals surface area contributed by atoms with Crippen LogP contribution in [-0.4, -0.2) is 34.2 Å². The summed E-state index contributed by atoms with van der Waals surface area (Å²) in [5.41, 5.74) is 0. The van der Waals surface area contributed by atoms with Crippen LogP contribution in [0.5, 0.6) is 0 Å². The number of nitrogens with one attached hydrogen (secondary N) is 1. The number of amides is 1. The molecule has 0 aliphatic heterocycles. The molecule has 0 aromatic carbocycles. The molecule has 5 heteroatoms. The fraction of sp³-hybridized carbons (Fsp3) is 0.846. The van der Waals surface area contributed by atoms with Crippen LogP contribution in [0.2, 0.25) is 0 Å². The normalized spacial score (nSPS) is 14.6. The Morgan fingerprint density at radius 3 is 2.00 bits per heavy atom. The number of aliphatic carboxylic acids is 1. The van der Waals surface area contributed by atoms with E-state index in [-0.39, 0.29) is 24.2 Å². The third kappa shape index (κ3) is 8.06. The van der Waals surface area contributed by atoms with Gasteiger partial charge in [0.25, 0.3) is 0 Å². The molecule has 5 nitrogen and oxygen atoms in total. The summed E-state index contributed by atoms with van der Waals surface area (Å²) in [4.78, 5) is 22.3. The number of carboxylic acids is 1. The minimum atomic E-state index is -1.06. The van der Waals surface area contributed by atoms with Gasteiger partial charge in [0.1, 0.15) is 0 Å². The summed E-state index contributed by atoms with van der Waals surface area (Å²) in [5.74, 6) is -0.687. The fourth-order valence-corrected chi connectivity index (χ4v) is 1.78. The van der Waals surface area contributed by atoms with Crippen LogP contribution in [0, 0.1) is 11.8 Å². The number of rotatable bonds is 8. The lowest BCUT2D eigenvalue weighted by atomic mass is 9.97. The van der Waals surface area contributed by atoms with Gasteiger partial charge < -0.3 is 15.5 Å². The number of carbonyl (C=O) groups is 2. The zero-order valence-electron chi connectivity index (χ0n) is 11.6. The molecule has 106 valence electrons. The largest absolute Gasteiger partial charge is 0.481 e. The van der Waals surface area contributed by atoms with E-state index in [2.05, 4.69) is 5.32 Å². The van der Waals surface area contributed by atoms with Crippen LogP contribution in [0.1, 0.15) is 47.0 Å². The molecular weight excluding hydrogens is 234 g/mol. The Morgan fingerprint density at radius 1 is 1.06 bits per heavy atom. The molecule has 0 aliphatic rings. The summed E-state index contributed by atoms with van der Waals surface area (Å²) in [6.45, 7) is 7.81. The molecule has 1 amide bonds. The van der Waals surface area contributed by atoms with Crippen LogP contribution >= 0.6 is 0 Å². The molecule has 0 saturated carbocycles. The summed E-state index contributed by atoms with van der Waals surface area (Å²) in [7, 11) is 0. The van der Waals surface area contributed by atoms with Gasteiger partial charge in [-0.15, -0.1) is 0 Å². The zero-order valence-corrected chi connectivity index (χ0v) is 11.6. The van der Waals surface area contributed by atoms with E-state index in [4.69, 9.17) is 5.11 Å². The molecule has 0 aromatic heterocycles. The van der Waals surface area contributed by atoms with E-state index in [1.165, 1.54) is 0 Å². The van der Waals surface area contributed by atoms with Crippen LogP contribution in [0.25, 0.3) is 0 Å². The van der Waals surface area contributed by atoms with Gasteiger partial charge in [0.2, 0.25) is 5.91 Å². The molecule has 0 bridgehead atoms. The van der Waals surface area contributed by atoms with E-state index >= 15 is 0 Å². The number of carbonyl (C=O) groups excluding carboxylic acids is 1. The maximum Gasteiger partial charge on any atom is 0.306 e. The molecule has 0 heterocycles. The Balaban J connectivity index is 4.47. The predicted molar refractivity (Wildman–Crippen MR) is 69.1 cm³/mol. The molecule has 0 saturated heterocycles. The number of hydrogen-bond donors (Lipinski definition) is 3. The second kappa shape index (κ2) is 8.08. The van der Waals surface area contributed by atoms with Gasteiger partial charge >= 0.3 is 5.97 Å². The maximum atomic E-state index is 11.7. The Morgan fingerprint density at radius 2 is 1.61 bits per heavy atom. The molecule has 3 N–H and O–H groups in total. The monoisotopic (exact) mass is 259 g/mol. The van der Waals surface area contributed by atoms with Crippen molar-refractivity contribution in [1.82, 2.24) is 5.32 Å². The summed E-state index contributed by atoms with van der Waals surface area (Å²) in [5, 5.41) is 21.2. The minimum Gasteiger partial charge on any atom is -0.481 e. The van der Waals surface area contributed by atoms with Crippen LogP contribution in [-0.2, 0) is 9.59 Å². The van der Waals surface area contributed by atoms with Crippen LogP contribution in [0.3, 0.4) is 0 Å². The van der Waals surface area contributed by atoms with Gasteiger partial charge in [-0.1, -0.05) is 27.7 Å². The van der Waals surface area contributed by atoms with E-state index in [0.29, 0.717) is 12.8 Å². The second-order valence-electron chi connectivity index (χ2n) is 5.57. The molecule has 0 aliphatic carbocycles. The third-order valence-electron chi connectivity index (χ3n) is 2.51. The van der Waals surface area contributed by atoms with Gasteiger partial charge in [-0.25, -0.2) is 0 Å². The SMILES string of the molecule is CC(C)CC(=O)N[C@@H](CC(C)C)[C@@H](O)CC(=O)O. The van der Waals surface area contributed by atoms with Gasteiger partial charge in [0.15, 0.2) is 0 Å². The fourth-order valence-electron chi connectivity index (χ4n) is 1.78. The van der Waals surface area contributed by atoms with E-state index in [1.807, 2.05) is 27.7 Å². The summed E-state index contributed by atoms with van der Waals surface area (Å²) >= 11 is 0. The maximum absolute atomic E-state index is 11.7. The Bertz CT molecular complexity index is 276. The highest BCUT2D eigenvalue weighted by molar-refractivity contribution is 5.76. The minimum absolute atomic E-state index is 0.139.